The maximum Gasteiger partial charge on any atom is 0.245 e. The molecule has 0 bridgehead atoms. The number of aromatic hydroxyl groups is 1. The number of carbonyl (C=O) groups excluding carboxylic acids is 1. The second kappa shape index (κ2) is 11.3. The summed E-state index contributed by atoms with van der Waals surface area (Å²) < 4.78 is 19.9. The van der Waals surface area contributed by atoms with Crippen LogP contribution in [0.4, 0.5) is 16.2 Å². The van der Waals surface area contributed by atoms with E-state index in [4.69, 9.17) is 27.9 Å². The predicted molar refractivity (Wildman–Crippen MR) is 137 cm³/mol. The van der Waals surface area contributed by atoms with Crippen LogP contribution in [0.2, 0.25) is 10.0 Å². The summed E-state index contributed by atoms with van der Waals surface area (Å²) >= 11 is 15.7. The predicted octanol–water partition coefficient (Wildman–Crippen LogP) is 5.10. The van der Waals surface area contributed by atoms with Gasteiger partial charge in [-0.3, -0.25) is 4.79 Å². The lowest BCUT2D eigenvalue weighted by Gasteiger charge is -2.27. The Balaban J connectivity index is 1.60. The van der Waals surface area contributed by atoms with Gasteiger partial charge in [-0.15, -0.1) is 0 Å². The van der Waals surface area contributed by atoms with Crippen molar-refractivity contribution in [1.82, 2.24) is 9.97 Å². The first kappa shape index (κ1) is 25.3. The molecule has 2 aromatic carbocycles. The number of nitrogens with zero attached hydrogens (tertiary/aromatic N) is 4. The number of aromatic nitrogens is 2. The molecular formula is C23H19BrCl2FN5O3. The molecule has 1 aliphatic heterocycles. The van der Waals surface area contributed by atoms with E-state index in [-0.39, 0.29) is 45.9 Å². The van der Waals surface area contributed by atoms with Crippen LogP contribution in [-0.2, 0) is 11.2 Å². The van der Waals surface area contributed by atoms with Gasteiger partial charge >= 0.3 is 0 Å². The number of benzene rings is 2. The number of rotatable bonds is 7. The Kier molecular flexibility index (Phi) is 8.17. The van der Waals surface area contributed by atoms with Gasteiger partial charge in [-0.1, -0.05) is 41.4 Å². The second-order valence-electron chi connectivity index (χ2n) is 7.50. The summed E-state index contributed by atoms with van der Waals surface area (Å²) in [6.45, 7) is 1.94. The molecule has 2 heterocycles. The second-order valence-corrected chi connectivity index (χ2v) is 9.17. The van der Waals surface area contributed by atoms with E-state index in [1.807, 2.05) is 0 Å². The monoisotopic (exact) mass is 581 g/mol. The maximum atomic E-state index is 14.3. The van der Waals surface area contributed by atoms with Gasteiger partial charge in [0.2, 0.25) is 5.95 Å². The van der Waals surface area contributed by atoms with Crippen LogP contribution in [0.15, 0.2) is 46.1 Å². The molecule has 12 heteroatoms. The first-order valence-corrected chi connectivity index (χ1v) is 12.0. The van der Waals surface area contributed by atoms with Crippen LogP contribution in [0.1, 0.15) is 21.5 Å². The lowest BCUT2D eigenvalue weighted by atomic mass is 9.98. The molecule has 8 nitrogen and oxygen atoms in total. The third kappa shape index (κ3) is 5.90. The van der Waals surface area contributed by atoms with Crippen molar-refractivity contribution in [2.45, 2.75) is 6.42 Å². The third-order valence-corrected chi connectivity index (χ3v) is 6.51. The van der Waals surface area contributed by atoms with E-state index in [1.165, 1.54) is 12.3 Å². The number of ether oxygens (including phenoxy) is 1. The molecule has 1 aromatic heterocycles. The molecule has 0 radical (unpaired) electrons. The Hall–Kier alpha value is -2.79. The Morgan fingerprint density at radius 2 is 2.03 bits per heavy atom. The number of hydrazone groups is 1. The van der Waals surface area contributed by atoms with E-state index in [9.17, 15) is 14.3 Å². The minimum Gasteiger partial charge on any atom is -0.506 e. The highest BCUT2D eigenvalue weighted by molar-refractivity contribution is 9.10. The fourth-order valence-corrected chi connectivity index (χ4v) is 4.71. The Bertz CT molecular complexity index is 1290. The largest absolute Gasteiger partial charge is 0.506 e. The first-order chi connectivity index (χ1) is 16.8. The van der Waals surface area contributed by atoms with Crippen LogP contribution in [0, 0.1) is 5.82 Å². The zero-order chi connectivity index (χ0) is 24.9. The highest BCUT2D eigenvalue weighted by Crippen LogP contribution is 2.35. The highest BCUT2D eigenvalue weighted by Gasteiger charge is 2.22. The van der Waals surface area contributed by atoms with Crippen molar-refractivity contribution < 1.29 is 19.0 Å². The molecular weight excluding hydrogens is 564 g/mol. The van der Waals surface area contributed by atoms with E-state index in [2.05, 4.69) is 36.4 Å². The molecule has 0 atom stereocenters. The molecule has 0 unspecified atom stereocenters. The molecule has 182 valence electrons. The van der Waals surface area contributed by atoms with Crippen molar-refractivity contribution in [2.24, 2.45) is 5.10 Å². The SMILES string of the molecule is O=C(Cc1ccccc1Cl)c1c(Br)cc(Cl)c(O)c1/C=N\Nc1ncc(F)c(N2CCOCC2)n1. The number of ketones is 1. The number of phenols is 1. The number of nitrogens with one attached hydrogen (secondary N) is 1. The van der Waals surface area contributed by atoms with Crippen molar-refractivity contribution in [1.29, 1.82) is 0 Å². The number of carbonyl (C=O) groups is 1. The maximum absolute atomic E-state index is 14.3. The van der Waals surface area contributed by atoms with Crippen molar-refractivity contribution >= 4 is 62.9 Å². The summed E-state index contributed by atoms with van der Waals surface area (Å²) in [5.41, 5.74) is 3.51. The summed E-state index contributed by atoms with van der Waals surface area (Å²) in [7, 11) is 0. The lowest BCUT2D eigenvalue weighted by molar-refractivity contribution is 0.0991. The molecule has 3 aromatic rings. The molecule has 1 aliphatic rings. The number of phenolic OH excluding ortho intramolecular Hbond substituents is 1. The fourth-order valence-electron chi connectivity index (χ4n) is 3.50. The van der Waals surface area contributed by atoms with E-state index < -0.39 is 5.82 Å². The Labute approximate surface area is 218 Å². The van der Waals surface area contributed by atoms with Crippen molar-refractivity contribution in [2.75, 3.05) is 36.6 Å². The molecule has 4 rings (SSSR count). The summed E-state index contributed by atoms with van der Waals surface area (Å²) in [4.78, 5) is 23.0. The lowest BCUT2D eigenvalue weighted by Crippen LogP contribution is -2.37. The standard InChI is InChI=1S/C23H19BrCl2FN5O3/c24-15-10-17(26)21(34)14(20(15)19(33)9-13-3-1-2-4-16(13)25)11-29-31-23-28-12-18(27)22(30-23)32-5-7-35-8-6-32/h1-4,10-12,34H,5-9H2,(H,28,30,31)/b29-11-. The third-order valence-electron chi connectivity index (χ3n) is 5.23. The van der Waals surface area contributed by atoms with E-state index in [0.29, 0.717) is 41.4 Å². The van der Waals surface area contributed by atoms with Crippen molar-refractivity contribution in [3.63, 3.8) is 0 Å². The smallest absolute Gasteiger partial charge is 0.245 e. The Morgan fingerprint density at radius 1 is 1.29 bits per heavy atom. The van der Waals surface area contributed by atoms with Gasteiger partial charge in [0, 0.05) is 40.1 Å². The number of anilines is 2. The molecule has 0 amide bonds. The van der Waals surface area contributed by atoms with Crippen LogP contribution in [0.3, 0.4) is 0 Å². The molecule has 0 saturated carbocycles. The number of morpholine rings is 1. The average molecular weight is 583 g/mol. The number of hydrogen-bond donors (Lipinski definition) is 2. The minimum atomic E-state index is -0.565. The zero-order valence-electron chi connectivity index (χ0n) is 18.1. The van der Waals surface area contributed by atoms with Gasteiger partial charge < -0.3 is 14.7 Å². The minimum absolute atomic E-state index is 0.00238. The normalized spacial score (nSPS) is 13.9. The van der Waals surface area contributed by atoms with Crippen LogP contribution in [0.25, 0.3) is 0 Å². The van der Waals surface area contributed by atoms with Gasteiger partial charge in [-0.05, 0) is 33.6 Å². The average Bonchev–Trinajstić information content (AvgIpc) is 2.85. The fraction of sp³-hybridized carbons (Fsp3) is 0.217. The number of Topliss-reactive ketones (excluding diaryl/α,β-unsaturated/α-hetero) is 1. The number of halogens is 4. The quantitative estimate of drug-likeness (QED) is 0.227. The van der Waals surface area contributed by atoms with E-state index >= 15 is 0 Å². The summed E-state index contributed by atoms with van der Waals surface area (Å²) in [5.74, 6) is -1.04. The van der Waals surface area contributed by atoms with Gasteiger partial charge in [0.15, 0.2) is 17.4 Å². The highest BCUT2D eigenvalue weighted by atomic mass is 79.9. The van der Waals surface area contributed by atoms with E-state index in [0.717, 1.165) is 6.20 Å². The summed E-state index contributed by atoms with van der Waals surface area (Å²) in [6, 6.07) is 8.42. The first-order valence-electron chi connectivity index (χ1n) is 10.5. The van der Waals surface area contributed by atoms with Crippen LogP contribution in [0.5, 0.6) is 5.75 Å². The molecule has 35 heavy (non-hydrogen) atoms. The topological polar surface area (TPSA) is 99.9 Å². The van der Waals surface area contributed by atoms with Crippen LogP contribution < -0.4 is 10.3 Å². The molecule has 0 spiro atoms. The van der Waals surface area contributed by atoms with E-state index in [1.54, 1.807) is 29.2 Å². The van der Waals surface area contributed by atoms with Gasteiger partial charge in [0.1, 0.15) is 5.75 Å². The summed E-state index contributed by atoms with van der Waals surface area (Å²) in [6.07, 6.45) is 2.27. The van der Waals surface area contributed by atoms with Gasteiger partial charge in [-0.25, -0.2) is 14.8 Å². The molecule has 1 saturated heterocycles. The Morgan fingerprint density at radius 3 is 2.77 bits per heavy atom. The zero-order valence-corrected chi connectivity index (χ0v) is 21.2. The molecule has 2 N–H and O–H groups in total. The van der Waals surface area contributed by atoms with Crippen LogP contribution in [-0.4, -0.2) is 53.4 Å². The molecule has 1 fully saturated rings. The van der Waals surface area contributed by atoms with Gasteiger partial charge in [0.25, 0.3) is 0 Å². The van der Waals surface area contributed by atoms with Crippen molar-refractivity contribution in [3.8, 4) is 5.75 Å². The summed E-state index contributed by atoms with van der Waals surface area (Å²) in [5, 5.41) is 15.1. The van der Waals surface area contributed by atoms with Gasteiger partial charge in [-0.2, -0.15) is 10.1 Å². The van der Waals surface area contributed by atoms with Crippen molar-refractivity contribution in [3.05, 3.63) is 73.6 Å². The number of hydrogen-bond acceptors (Lipinski definition) is 8. The van der Waals surface area contributed by atoms with Crippen LogP contribution >= 0.6 is 39.1 Å². The molecule has 0 aliphatic carbocycles. The van der Waals surface area contributed by atoms with Gasteiger partial charge in [0.05, 0.1) is 30.6 Å².